The van der Waals surface area contributed by atoms with Crippen molar-refractivity contribution in [3.63, 3.8) is 0 Å². The maximum Gasteiger partial charge on any atom is 0.229 e. The molecule has 0 aliphatic carbocycles. The summed E-state index contributed by atoms with van der Waals surface area (Å²) in [5.74, 6) is 0.776. The van der Waals surface area contributed by atoms with Crippen LogP contribution in [0.4, 0.5) is 5.69 Å². The Morgan fingerprint density at radius 3 is 2.31 bits per heavy atom. The highest BCUT2D eigenvalue weighted by Gasteiger charge is 2.34. The Morgan fingerprint density at radius 1 is 1.07 bits per heavy atom. The molecule has 0 spiro atoms. The fraction of sp³-hybridized carbons (Fsp3) is 0.364. The van der Waals surface area contributed by atoms with E-state index >= 15 is 0 Å². The van der Waals surface area contributed by atoms with E-state index in [1.54, 1.807) is 17.0 Å². The Kier molecular flexibility index (Phi) is 6.59. The fourth-order valence-electron chi connectivity index (χ4n) is 3.47. The molecule has 1 saturated heterocycles. The highest BCUT2D eigenvalue weighted by molar-refractivity contribution is 5.97. The Morgan fingerprint density at radius 2 is 1.72 bits per heavy atom. The van der Waals surface area contributed by atoms with Gasteiger partial charge in [-0.15, -0.1) is 0 Å². The normalized spacial score (nSPS) is 15.9. The maximum absolute atomic E-state index is 12.7. The number of anilines is 1. The third-order valence-electron chi connectivity index (χ3n) is 5.03. The van der Waals surface area contributed by atoms with E-state index in [1.807, 2.05) is 30.3 Å². The van der Waals surface area contributed by atoms with E-state index in [0.717, 1.165) is 6.42 Å². The van der Waals surface area contributed by atoms with E-state index in [4.69, 9.17) is 14.2 Å². The minimum absolute atomic E-state index is 0.00553. The summed E-state index contributed by atoms with van der Waals surface area (Å²) < 4.78 is 15.9. The van der Waals surface area contributed by atoms with Gasteiger partial charge in [0.05, 0.1) is 27.2 Å². The van der Waals surface area contributed by atoms with Crippen molar-refractivity contribution < 1.29 is 23.8 Å². The summed E-state index contributed by atoms with van der Waals surface area (Å²) in [6, 6.07) is 13.3. The largest absolute Gasteiger partial charge is 0.493 e. The van der Waals surface area contributed by atoms with Crippen LogP contribution >= 0.6 is 0 Å². The van der Waals surface area contributed by atoms with Crippen LogP contribution in [0.5, 0.6) is 17.2 Å². The molecule has 1 atom stereocenters. The first-order valence-electron chi connectivity index (χ1n) is 9.48. The van der Waals surface area contributed by atoms with Crippen LogP contribution in [0, 0.1) is 5.92 Å². The van der Waals surface area contributed by atoms with Gasteiger partial charge in [0.25, 0.3) is 0 Å². The van der Waals surface area contributed by atoms with Crippen molar-refractivity contribution in [1.29, 1.82) is 0 Å². The number of rotatable bonds is 8. The molecule has 2 aromatic carbocycles. The van der Waals surface area contributed by atoms with E-state index < -0.39 is 5.92 Å². The second-order valence-corrected chi connectivity index (χ2v) is 6.88. The number of carbonyl (C=O) groups excluding carboxylic acids is 2. The Hall–Kier alpha value is -3.22. The number of nitrogens with zero attached hydrogens (tertiary/aromatic N) is 1. The van der Waals surface area contributed by atoms with Gasteiger partial charge in [-0.1, -0.05) is 30.3 Å². The summed E-state index contributed by atoms with van der Waals surface area (Å²) in [6.45, 7) is 1.03. The molecule has 0 saturated carbocycles. The number of benzene rings is 2. The van der Waals surface area contributed by atoms with Crippen LogP contribution in [0.2, 0.25) is 0 Å². The minimum Gasteiger partial charge on any atom is -0.493 e. The molecule has 7 nitrogen and oxygen atoms in total. The highest BCUT2D eigenvalue weighted by Crippen LogP contribution is 2.40. The van der Waals surface area contributed by atoms with Crippen molar-refractivity contribution in [2.75, 3.05) is 39.7 Å². The lowest BCUT2D eigenvalue weighted by molar-refractivity contribution is -0.128. The molecule has 154 valence electrons. The molecule has 3 rings (SSSR count). The first-order chi connectivity index (χ1) is 14.0. The average molecular weight is 398 g/mol. The first kappa shape index (κ1) is 20.5. The van der Waals surface area contributed by atoms with Gasteiger partial charge < -0.3 is 24.4 Å². The predicted octanol–water partition coefficient (Wildman–Crippen LogP) is 2.74. The van der Waals surface area contributed by atoms with Gasteiger partial charge in [0.15, 0.2) is 11.5 Å². The Bertz CT molecular complexity index is 844. The lowest BCUT2D eigenvalue weighted by atomic mass is 10.1. The second kappa shape index (κ2) is 9.32. The van der Waals surface area contributed by atoms with Crippen molar-refractivity contribution in [1.82, 2.24) is 4.90 Å². The standard InChI is InChI=1S/C22H26N2O5/c1-27-18-12-17(13-19(28-2)21(18)29-3)23-22(26)16-11-20(25)24(14-16)10-9-15-7-5-4-6-8-15/h4-8,12-13,16H,9-11,14H2,1-3H3,(H,23,26). The quantitative estimate of drug-likeness (QED) is 0.740. The molecule has 1 unspecified atom stereocenters. The smallest absolute Gasteiger partial charge is 0.229 e. The molecule has 7 heteroatoms. The van der Waals surface area contributed by atoms with E-state index in [-0.39, 0.29) is 18.2 Å². The van der Waals surface area contributed by atoms with Crippen molar-refractivity contribution in [3.05, 3.63) is 48.0 Å². The van der Waals surface area contributed by atoms with Crippen molar-refractivity contribution in [2.45, 2.75) is 12.8 Å². The molecule has 1 N–H and O–H groups in total. The molecule has 29 heavy (non-hydrogen) atoms. The topological polar surface area (TPSA) is 77.1 Å². The van der Waals surface area contributed by atoms with Crippen molar-refractivity contribution in [2.24, 2.45) is 5.92 Å². The van der Waals surface area contributed by atoms with E-state index in [9.17, 15) is 9.59 Å². The van der Waals surface area contributed by atoms with Crippen molar-refractivity contribution in [3.8, 4) is 17.2 Å². The van der Waals surface area contributed by atoms with Crippen LogP contribution in [0.3, 0.4) is 0 Å². The summed E-state index contributed by atoms with van der Waals surface area (Å²) in [4.78, 5) is 26.8. The molecule has 0 bridgehead atoms. The zero-order valence-corrected chi connectivity index (χ0v) is 16.9. The van der Waals surface area contributed by atoms with Crippen molar-refractivity contribution >= 4 is 17.5 Å². The lowest BCUT2D eigenvalue weighted by Crippen LogP contribution is -2.30. The summed E-state index contributed by atoms with van der Waals surface area (Å²) in [6.07, 6.45) is 0.985. The summed E-state index contributed by atoms with van der Waals surface area (Å²) in [7, 11) is 4.55. The summed E-state index contributed by atoms with van der Waals surface area (Å²) in [5.41, 5.74) is 1.70. The van der Waals surface area contributed by atoms with Crippen LogP contribution in [-0.2, 0) is 16.0 Å². The van der Waals surface area contributed by atoms with E-state index in [0.29, 0.717) is 36.0 Å². The number of likely N-dealkylation sites (tertiary alicyclic amines) is 1. The van der Waals surface area contributed by atoms with E-state index in [1.165, 1.54) is 26.9 Å². The Balaban J connectivity index is 1.63. The van der Waals surface area contributed by atoms with Gasteiger partial charge in [0, 0.05) is 37.3 Å². The third kappa shape index (κ3) is 4.80. The van der Waals surface area contributed by atoms with Gasteiger partial charge in [-0.05, 0) is 12.0 Å². The van der Waals surface area contributed by atoms with Crippen LogP contribution in [0.15, 0.2) is 42.5 Å². The molecule has 2 amide bonds. The number of nitrogens with one attached hydrogen (secondary N) is 1. The minimum atomic E-state index is -0.391. The molecule has 1 aliphatic rings. The molecule has 1 fully saturated rings. The predicted molar refractivity (Wildman–Crippen MR) is 110 cm³/mol. The molecular formula is C22H26N2O5. The highest BCUT2D eigenvalue weighted by atomic mass is 16.5. The molecule has 1 heterocycles. The van der Waals surface area contributed by atoms with Crippen LogP contribution in [-0.4, -0.2) is 51.1 Å². The first-order valence-corrected chi connectivity index (χ1v) is 9.48. The number of amides is 2. The Labute approximate surface area is 170 Å². The number of carbonyl (C=O) groups is 2. The summed E-state index contributed by atoms with van der Waals surface area (Å²) >= 11 is 0. The molecule has 0 radical (unpaired) electrons. The van der Waals surface area contributed by atoms with Crippen LogP contribution in [0.1, 0.15) is 12.0 Å². The number of hydrogen-bond acceptors (Lipinski definition) is 5. The number of hydrogen-bond donors (Lipinski definition) is 1. The monoisotopic (exact) mass is 398 g/mol. The molecule has 1 aliphatic heterocycles. The molecule has 0 aromatic heterocycles. The zero-order chi connectivity index (χ0) is 20.8. The van der Waals surface area contributed by atoms with Gasteiger partial charge in [-0.2, -0.15) is 0 Å². The van der Waals surface area contributed by atoms with E-state index in [2.05, 4.69) is 5.32 Å². The maximum atomic E-state index is 12.7. The zero-order valence-electron chi connectivity index (χ0n) is 16.9. The van der Waals surface area contributed by atoms with Gasteiger partial charge in [0.2, 0.25) is 17.6 Å². The van der Waals surface area contributed by atoms with Crippen LogP contribution < -0.4 is 19.5 Å². The molecular weight excluding hydrogens is 372 g/mol. The number of ether oxygens (including phenoxy) is 3. The van der Waals surface area contributed by atoms with Gasteiger partial charge in [0.1, 0.15) is 0 Å². The van der Waals surface area contributed by atoms with Crippen LogP contribution in [0.25, 0.3) is 0 Å². The SMILES string of the molecule is COc1cc(NC(=O)C2CC(=O)N(CCc3ccccc3)C2)cc(OC)c1OC. The lowest BCUT2D eigenvalue weighted by Gasteiger charge is -2.17. The van der Waals surface area contributed by atoms with Gasteiger partial charge in [-0.3, -0.25) is 9.59 Å². The second-order valence-electron chi connectivity index (χ2n) is 6.88. The third-order valence-corrected chi connectivity index (χ3v) is 5.03. The fourth-order valence-corrected chi connectivity index (χ4v) is 3.47. The average Bonchev–Trinajstić information content (AvgIpc) is 3.12. The summed E-state index contributed by atoms with van der Waals surface area (Å²) in [5, 5.41) is 2.87. The number of methoxy groups -OCH3 is 3. The molecule has 2 aromatic rings. The van der Waals surface area contributed by atoms with Gasteiger partial charge >= 0.3 is 0 Å². The van der Waals surface area contributed by atoms with Gasteiger partial charge in [-0.25, -0.2) is 0 Å².